The van der Waals surface area contributed by atoms with E-state index >= 15 is 0 Å². The Labute approximate surface area is 415 Å². The summed E-state index contributed by atoms with van der Waals surface area (Å²) in [4.78, 5) is 5.17. The second kappa shape index (κ2) is 14.3. The molecule has 3 aliphatic carbocycles. The smallest absolute Gasteiger partial charge is 0.252 e. The van der Waals surface area contributed by atoms with Gasteiger partial charge in [-0.3, -0.25) is 0 Å². The summed E-state index contributed by atoms with van der Waals surface area (Å²) in [5, 5.41) is 0. The zero-order chi connectivity index (χ0) is 51.1. The van der Waals surface area contributed by atoms with E-state index in [9.17, 15) is 0 Å². The number of fused-ring (bicyclic) bond motifs is 7. The molecule has 0 amide bonds. The van der Waals surface area contributed by atoms with Gasteiger partial charge in [-0.05, 0) is 191 Å². The molecule has 5 aliphatic rings. The number of aryl methyl sites for hydroxylation is 2. The minimum Gasteiger partial charge on any atom is -0.311 e. The molecule has 0 saturated heterocycles. The van der Waals surface area contributed by atoms with Crippen LogP contribution >= 0.6 is 0 Å². The first-order valence-corrected chi connectivity index (χ1v) is 25.8. The van der Waals surface area contributed by atoms with Crippen molar-refractivity contribution in [3.8, 4) is 11.1 Å². The van der Waals surface area contributed by atoms with Gasteiger partial charge in [-0.25, -0.2) is 0 Å². The minimum atomic E-state index is -2.18. The molecule has 0 radical (unpaired) electrons. The zero-order valence-corrected chi connectivity index (χ0v) is 44.2. The molecule has 0 bridgehead atoms. The highest BCUT2D eigenvalue weighted by atomic mass is 15.2. The Morgan fingerprint density at radius 2 is 0.956 bits per heavy atom. The third kappa shape index (κ3) is 6.55. The molecule has 0 spiro atoms. The van der Waals surface area contributed by atoms with E-state index in [4.69, 9.17) is 4.11 Å². The molecule has 2 aliphatic heterocycles. The van der Waals surface area contributed by atoms with E-state index < -0.39 is 6.85 Å². The number of hydrogen-bond acceptors (Lipinski definition) is 2. The SMILES string of the molecule is [2H]C([2H])([2H])Cc1cc2c3c(c1)N(c1ccc(C(C)(C)C)cc1-c1ccccc1)c1cc4c(cc1B3c1cc3c(cc1N2c1cc2c(cc1C)C(C)(C)CC2(C)C)C(C)(C)CCC3(C)C)C(C)(C)CC4(C)C. The van der Waals surface area contributed by atoms with Crippen LogP contribution in [-0.2, 0) is 44.3 Å². The maximum atomic E-state index is 8.84. The highest BCUT2D eigenvalue weighted by Crippen LogP contribution is 2.57. The fourth-order valence-corrected chi connectivity index (χ4v) is 14.6. The minimum absolute atomic E-state index is 0.0106. The summed E-state index contributed by atoms with van der Waals surface area (Å²) in [7, 11) is 0. The number of anilines is 6. The van der Waals surface area contributed by atoms with Crippen LogP contribution in [0.15, 0.2) is 97.1 Å². The van der Waals surface area contributed by atoms with Gasteiger partial charge in [0.15, 0.2) is 0 Å². The largest absolute Gasteiger partial charge is 0.311 e. The quantitative estimate of drug-likeness (QED) is 0.162. The molecule has 0 unspecified atom stereocenters. The Kier molecular flexibility index (Phi) is 8.81. The first-order valence-electron chi connectivity index (χ1n) is 27.3. The van der Waals surface area contributed by atoms with Gasteiger partial charge in [0.1, 0.15) is 0 Å². The van der Waals surface area contributed by atoms with Crippen molar-refractivity contribution in [2.75, 3.05) is 9.80 Å². The van der Waals surface area contributed by atoms with Crippen LogP contribution in [0.3, 0.4) is 0 Å². The Bertz CT molecular complexity index is 3230. The van der Waals surface area contributed by atoms with Crippen molar-refractivity contribution in [2.45, 2.75) is 188 Å². The Hall–Kier alpha value is -5.02. The zero-order valence-electron chi connectivity index (χ0n) is 47.2. The van der Waals surface area contributed by atoms with Gasteiger partial charge >= 0.3 is 0 Å². The van der Waals surface area contributed by atoms with Gasteiger partial charge in [-0.1, -0.05) is 165 Å². The van der Waals surface area contributed by atoms with E-state index in [1.807, 2.05) is 0 Å². The van der Waals surface area contributed by atoms with Crippen LogP contribution in [0, 0.1) is 6.92 Å². The van der Waals surface area contributed by atoms with Gasteiger partial charge in [0.05, 0.1) is 5.69 Å². The molecule has 68 heavy (non-hydrogen) atoms. The first kappa shape index (κ1) is 41.9. The monoisotopic (exact) mass is 900 g/mol. The average molecular weight is 900 g/mol. The van der Waals surface area contributed by atoms with Gasteiger partial charge in [-0.2, -0.15) is 0 Å². The lowest BCUT2D eigenvalue weighted by Crippen LogP contribution is -2.62. The van der Waals surface area contributed by atoms with Gasteiger partial charge in [0, 0.05) is 38.1 Å². The first-order chi connectivity index (χ1) is 32.8. The molecule has 0 N–H and O–H groups in total. The number of hydrogen-bond donors (Lipinski definition) is 0. The lowest BCUT2D eigenvalue weighted by molar-refractivity contribution is 0.332. The molecule has 6 aromatic rings. The van der Waals surface area contributed by atoms with Crippen LogP contribution in [0.25, 0.3) is 11.1 Å². The number of rotatable bonds is 4. The third-order valence-corrected chi connectivity index (χ3v) is 17.9. The maximum Gasteiger partial charge on any atom is 0.252 e. The second-order valence-corrected chi connectivity index (χ2v) is 26.9. The van der Waals surface area contributed by atoms with Crippen molar-refractivity contribution in [3.05, 3.63) is 147 Å². The topological polar surface area (TPSA) is 6.48 Å². The van der Waals surface area contributed by atoms with E-state index in [-0.39, 0.29) is 51.0 Å². The van der Waals surface area contributed by atoms with E-state index in [1.165, 1.54) is 83.5 Å². The summed E-state index contributed by atoms with van der Waals surface area (Å²) >= 11 is 0. The van der Waals surface area contributed by atoms with Gasteiger partial charge in [0.25, 0.3) is 6.71 Å². The highest BCUT2D eigenvalue weighted by Gasteiger charge is 2.51. The van der Waals surface area contributed by atoms with Crippen molar-refractivity contribution >= 4 is 57.2 Å². The Balaban J connectivity index is 1.33. The summed E-state index contributed by atoms with van der Waals surface area (Å²) < 4.78 is 26.5. The number of nitrogens with zero attached hydrogens (tertiary/aromatic N) is 2. The van der Waals surface area contributed by atoms with E-state index in [0.29, 0.717) is 0 Å². The summed E-state index contributed by atoms with van der Waals surface area (Å²) in [5.74, 6) is 0. The van der Waals surface area contributed by atoms with Crippen LogP contribution in [-0.4, -0.2) is 6.71 Å². The summed E-state index contributed by atoms with van der Waals surface area (Å²) in [6, 6.07) is 38.0. The molecule has 2 heterocycles. The van der Waals surface area contributed by atoms with Crippen molar-refractivity contribution in [1.29, 1.82) is 0 Å². The van der Waals surface area contributed by atoms with Crippen LogP contribution in [0.1, 0.15) is 191 Å². The maximum absolute atomic E-state index is 8.84. The van der Waals surface area contributed by atoms with Crippen LogP contribution < -0.4 is 26.2 Å². The summed E-state index contributed by atoms with van der Waals surface area (Å²) in [6.45, 7) is 36.2. The summed E-state index contributed by atoms with van der Waals surface area (Å²) in [6.07, 6.45) is 4.36. The molecule has 0 fully saturated rings. The van der Waals surface area contributed by atoms with Crippen LogP contribution in [0.5, 0.6) is 0 Å². The Morgan fingerprint density at radius 1 is 0.500 bits per heavy atom. The lowest BCUT2D eigenvalue weighted by Gasteiger charge is -2.48. The predicted molar refractivity (Wildman–Crippen MR) is 295 cm³/mol. The molecule has 0 saturated carbocycles. The van der Waals surface area contributed by atoms with E-state index in [1.54, 1.807) is 0 Å². The molecular formula is C65H77BN2. The molecular weight excluding hydrogens is 820 g/mol. The normalized spacial score (nSPS) is 21.1. The van der Waals surface area contributed by atoms with Gasteiger partial charge in [-0.15, -0.1) is 0 Å². The molecule has 2 nitrogen and oxygen atoms in total. The van der Waals surface area contributed by atoms with Crippen molar-refractivity contribution in [3.63, 3.8) is 0 Å². The van der Waals surface area contributed by atoms with Crippen LogP contribution in [0.4, 0.5) is 34.1 Å². The molecule has 0 atom stereocenters. The Morgan fingerprint density at radius 3 is 1.47 bits per heavy atom. The van der Waals surface area contributed by atoms with E-state index in [0.717, 1.165) is 53.9 Å². The van der Waals surface area contributed by atoms with Crippen molar-refractivity contribution in [1.82, 2.24) is 0 Å². The summed E-state index contributed by atoms with van der Waals surface area (Å²) in [5.41, 5.74) is 24.9. The van der Waals surface area contributed by atoms with Gasteiger partial charge < -0.3 is 9.80 Å². The molecule has 6 aromatic carbocycles. The highest BCUT2D eigenvalue weighted by molar-refractivity contribution is 7.00. The van der Waals surface area contributed by atoms with Crippen molar-refractivity contribution in [2.24, 2.45) is 0 Å². The van der Waals surface area contributed by atoms with Gasteiger partial charge in [0.2, 0.25) is 0 Å². The molecule has 350 valence electrons. The van der Waals surface area contributed by atoms with Crippen molar-refractivity contribution < 1.29 is 4.11 Å². The van der Waals surface area contributed by atoms with Crippen LogP contribution in [0.2, 0.25) is 0 Å². The number of benzene rings is 6. The fraction of sp³-hybridized carbons (Fsp3) is 0.446. The fourth-order valence-electron chi connectivity index (χ4n) is 14.6. The van der Waals surface area contributed by atoms with E-state index in [2.05, 4.69) is 218 Å². The lowest BCUT2D eigenvalue weighted by atomic mass is 9.32. The molecule has 0 aromatic heterocycles. The second-order valence-electron chi connectivity index (χ2n) is 26.9. The predicted octanol–water partition coefficient (Wildman–Crippen LogP) is 15.9. The molecule has 11 rings (SSSR count). The molecule has 3 heteroatoms. The average Bonchev–Trinajstić information content (AvgIpc) is 3.56. The third-order valence-electron chi connectivity index (χ3n) is 17.9. The standard InChI is InChI=1S/C65H77BN2/c1-18-40-29-56-58-57(30-40)68(53-34-48-44(28-39(53)2)62(10,11)37-64(48,14)15)55-35-47-45(60(6,7)26-27-61(47,8)9)32-50(55)66(58)51-33-46-49(65(16,17)38-63(46,12)13)36-54(51)67(56)52-25-24-42(59(3,4)5)31-43(52)41-22-20-19-21-23-41/h19-25,28-36H,18,26-27,37-38H2,1-17H3/i1D3.